The van der Waals surface area contributed by atoms with Gasteiger partial charge >= 0.3 is 17.9 Å². The number of hydrogen-bond donors (Lipinski definition) is 0. The summed E-state index contributed by atoms with van der Waals surface area (Å²) in [6, 6.07) is 0. The van der Waals surface area contributed by atoms with Crippen molar-refractivity contribution in [3.05, 3.63) is 122 Å². The van der Waals surface area contributed by atoms with Crippen LogP contribution in [0.25, 0.3) is 0 Å². The number of esters is 3. The zero-order valence-corrected chi connectivity index (χ0v) is 47.4. The lowest BCUT2D eigenvalue weighted by Crippen LogP contribution is -2.30. The molecule has 6 heteroatoms. The van der Waals surface area contributed by atoms with Gasteiger partial charge in [0.2, 0.25) is 0 Å². The normalized spacial score (nSPS) is 13.0. The van der Waals surface area contributed by atoms with E-state index in [2.05, 4.69) is 142 Å². The van der Waals surface area contributed by atoms with Gasteiger partial charge in [0.15, 0.2) is 6.10 Å². The van der Waals surface area contributed by atoms with E-state index in [1.165, 1.54) is 96.3 Å². The molecule has 0 spiro atoms. The van der Waals surface area contributed by atoms with Crippen molar-refractivity contribution in [2.45, 2.75) is 271 Å². The van der Waals surface area contributed by atoms with Crippen LogP contribution in [0.3, 0.4) is 0 Å². The molecule has 414 valence electrons. The van der Waals surface area contributed by atoms with Gasteiger partial charge in [0.1, 0.15) is 13.2 Å². The van der Waals surface area contributed by atoms with Crippen LogP contribution in [-0.4, -0.2) is 37.2 Å². The molecule has 0 heterocycles. The first-order chi connectivity index (χ1) is 36.0. The lowest BCUT2D eigenvalue weighted by molar-refractivity contribution is -0.167. The van der Waals surface area contributed by atoms with E-state index in [1.807, 2.05) is 0 Å². The Morgan fingerprint density at radius 3 is 0.863 bits per heavy atom. The Hall–Kier alpha value is -4.19. The van der Waals surface area contributed by atoms with Gasteiger partial charge < -0.3 is 14.2 Å². The maximum Gasteiger partial charge on any atom is 0.306 e. The summed E-state index contributed by atoms with van der Waals surface area (Å²) in [6.45, 7) is 6.36. The highest BCUT2D eigenvalue weighted by Crippen LogP contribution is 2.14. The van der Waals surface area contributed by atoms with Crippen molar-refractivity contribution >= 4 is 17.9 Å². The number of ether oxygens (including phenoxy) is 3. The number of hydrogen-bond acceptors (Lipinski definition) is 6. The molecule has 0 aromatic carbocycles. The van der Waals surface area contributed by atoms with E-state index in [9.17, 15) is 14.4 Å². The molecule has 0 aromatic heterocycles. The predicted molar refractivity (Wildman–Crippen MR) is 316 cm³/mol. The highest BCUT2D eigenvalue weighted by molar-refractivity contribution is 5.71. The van der Waals surface area contributed by atoms with E-state index in [0.717, 1.165) is 128 Å². The highest BCUT2D eigenvalue weighted by atomic mass is 16.6. The maximum absolute atomic E-state index is 12.9. The van der Waals surface area contributed by atoms with Crippen LogP contribution < -0.4 is 0 Å². The smallest absolute Gasteiger partial charge is 0.306 e. The lowest BCUT2D eigenvalue weighted by Gasteiger charge is -2.18. The standard InChI is InChI=1S/C67H110O6/c1-4-7-10-13-16-19-22-25-28-30-32-33-35-36-39-42-45-48-51-54-57-60-66(69)72-63-64(62-71-65(68)59-56-53-50-47-44-41-38-27-24-21-18-15-12-9-6-3)73-67(70)61-58-55-52-49-46-43-40-37-34-31-29-26-23-20-17-14-11-8-5-2/h8-9,11-12,17-18,20-22,25-27,29-30,32,34,37-38,44,47,64H,4-7,10,13-16,19,23-24,28,31,33,35-36,39-43,45-46,48-63H2,1-3H3/b11-8-,12-9-,20-17-,21-18-,25-22-,29-26-,32-30-,37-34-,38-27-,47-44-. The third-order valence-electron chi connectivity index (χ3n) is 12.4. The lowest BCUT2D eigenvalue weighted by atomic mass is 10.1. The van der Waals surface area contributed by atoms with Gasteiger partial charge in [-0.3, -0.25) is 14.4 Å². The second kappa shape index (κ2) is 60.4. The second-order valence-electron chi connectivity index (χ2n) is 19.5. The van der Waals surface area contributed by atoms with Gasteiger partial charge in [0.05, 0.1) is 0 Å². The van der Waals surface area contributed by atoms with Gasteiger partial charge in [-0.2, -0.15) is 0 Å². The van der Waals surface area contributed by atoms with E-state index < -0.39 is 6.10 Å². The molecule has 0 fully saturated rings. The fourth-order valence-electron chi connectivity index (χ4n) is 7.98. The summed E-state index contributed by atoms with van der Waals surface area (Å²) < 4.78 is 16.9. The largest absolute Gasteiger partial charge is 0.462 e. The Morgan fingerprint density at radius 2 is 0.534 bits per heavy atom. The Kier molecular flexibility index (Phi) is 56.9. The van der Waals surface area contributed by atoms with Gasteiger partial charge in [0.25, 0.3) is 0 Å². The molecule has 0 saturated heterocycles. The first-order valence-corrected chi connectivity index (χ1v) is 30.0. The molecule has 0 bridgehead atoms. The van der Waals surface area contributed by atoms with Crippen molar-refractivity contribution in [1.82, 2.24) is 0 Å². The number of unbranched alkanes of at least 4 members (excludes halogenated alkanes) is 22. The Labute approximate surface area is 450 Å². The summed E-state index contributed by atoms with van der Waals surface area (Å²) in [7, 11) is 0. The third kappa shape index (κ3) is 58.6. The van der Waals surface area contributed by atoms with Crippen molar-refractivity contribution in [3.8, 4) is 0 Å². The molecule has 0 N–H and O–H groups in total. The number of allylic oxidation sites excluding steroid dienone is 20. The summed E-state index contributed by atoms with van der Waals surface area (Å²) in [5.74, 6) is -0.963. The van der Waals surface area contributed by atoms with Crippen LogP contribution in [0.4, 0.5) is 0 Å². The molecule has 0 saturated carbocycles. The van der Waals surface area contributed by atoms with Gasteiger partial charge in [-0.15, -0.1) is 0 Å². The molecule has 1 unspecified atom stereocenters. The van der Waals surface area contributed by atoms with Crippen molar-refractivity contribution in [2.24, 2.45) is 0 Å². The molecule has 0 aliphatic carbocycles. The predicted octanol–water partition coefficient (Wildman–Crippen LogP) is 20.4. The Bertz CT molecular complexity index is 1540. The summed E-state index contributed by atoms with van der Waals surface area (Å²) in [5.41, 5.74) is 0. The molecular formula is C67H110O6. The number of carbonyl (C=O) groups excluding carboxylic acids is 3. The van der Waals surface area contributed by atoms with Crippen LogP contribution in [-0.2, 0) is 28.6 Å². The molecule has 0 radical (unpaired) electrons. The summed E-state index contributed by atoms with van der Waals surface area (Å²) in [5, 5.41) is 0. The second-order valence-corrected chi connectivity index (χ2v) is 19.5. The van der Waals surface area contributed by atoms with Crippen LogP contribution in [0.2, 0.25) is 0 Å². The van der Waals surface area contributed by atoms with E-state index in [4.69, 9.17) is 14.2 Å². The molecule has 73 heavy (non-hydrogen) atoms. The topological polar surface area (TPSA) is 78.9 Å². The average Bonchev–Trinajstić information content (AvgIpc) is 3.39. The van der Waals surface area contributed by atoms with Crippen molar-refractivity contribution in [1.29, 1.82) is 0 Å². The van der Waals surface area contributed by atoms with E-state index >= 15 is 0 Å². The Balaban J connectivity index is 4.46. The van der Waals surface area contributed by atoms with E-state index in [0.29, 0.717) is 19.3 Å². The minimum Gasteiger partial charge on any atom is -0.462 e. The van der Waals surface area contributed by atoms with E-state index in [-0.39, 0.29) is 31.1 Å². The SMILES string of the molecule is CC/C=C\C/C=C\C/C=C\C/C=C\CCCCCCCCC(=O)OC(COC(=O)CCCC/C=C\C/C=C\C/C=C\C/C=C\CC)COC(=O)CCCCCCCCCCC/C=C\C/C=C\CCCCCCC. The summed E-state index contributed by atoms with van der Waals surface area (Å²) in [6.07, 6.45) is 83.4. The number of carbonyl (C=O) groups is 3. The van der Waals surface area contributed by atoms with Gasteiger partial charge in [0, 0.05) is 19.3 Å². The quantitative estimate of drug-likeness (QED) is 0.0261. The average molecular weight is 1010 g/mol. The van der Waals surface area contributed by atoms with Gasteiger partial charge in [-0.25, -0.2) is 0 Å². The van der Waals surface area contributed by atoms with Crippen LogP contribution >= 0.6 is 0 Å². The minimum atomic E-state index is -0.809. The molecule has 0 aliphatic heterocycles. The van der Waals surface area contributed by atoms with Crippen molar-refractivity contribution in [2.75, 3.05) is 13.2 Å². The fourth-order valence-corrected chi connectivity index (χ4v) is 7.98. The monoisotopic (exact) mass is 1010 g/mol. The summed E-state index contributed by atoms with van der Waals surface area (Å²) >= 11 is 0. The molecule has 0 rings (SSSR count). The Morgan fingerprint density at radius 1 is 0.288 bits per heavy atom. The molecule has 0 amide bonds. The van der Waals surface area contributed by atoms with E-state index in [1.54, 1.807) is 0 Å². The first-order valence-electron chi connectivity index (χ1n) is 30.0. The van der Waals surface area contributed by atoms with Crippen LogP contribution in [0.1, 0.15) is 265 Å². The van der Waals surface area contributed by atoms with Crippen LogP contribution in [0, 0.1) is 0 Å². The molecule has 0 aromatic rings. The third-order valence-corrected chi connectivity index (χ3v) is 12.4. The zero-order chi connectivity index (χ0) is 52.9. The van der Waals surface area contributed by atoms with Gasteiger partial charge in [-0.05, 0) is 128 Å². The summed E-state index contributed by atoms with van der Waals surface area (Å²) in [4.78, 5) is 38.2. The molecular weight excluding hydrogens is 901 g/mol. The van der Waals surface area contributed by atoms with Crippen molar-refractivity contribution in [3.63, 3.8) is 0 Å². The first kappa shape index (κ1) is 68.8. The number of rotatable bonds is 53. The zero-order valence-electron chi connectivity index (χ0n) is 47.4. The molecule has 0 aliphatic rings. The molecule has 1 atom stereocenters. The van der Waals surface area contributed by atoms with Gasteiger partial charge in [-0.1, -0.05) is 239 Å². The molecule has 6 nitrogen and oxygen atoms in total. The highest BCUT2D eigenvalue weighted by Gasteiger charge is 2.19. The van der Waals surface area contributed by atoms with Crippen LogP contribution in [0.15, 0.2) is 122 Å². The van der Waals surface area contributed by atoms with Crippen molar-refractivity contribution < 1.29 is 28.6 Å². The van der Waals surface area contributed by atoms with Crippen LogP contribution in [0.5, 0.6) is 0 Å². The maximum atomic E-state index is 12.9. The fraction of sp³-hybridized carbons (Fsp3) is 0.657. The minimum absolute atomic E-state index is 0.102.